The van der Waals surface area contributed by atoms with Crippen LogP contribution in [0.4, 0.5) is 0 Å². The first-order valence-electron chi connectivity index (χ1n) is 5.79. The Bertz CT molecular complexity index is 406. The number of hydrazine groups is 1. The lowest BCUT2D eigenvalue weighted by molar-refractivity contribution is 0.0957. The molecule has 0 aliphatic carbocycles. The highest BCUT2D eigenvalue weighted by Gasteiger charge is 2.15. The van der Waals surface area contributed by atoms with Gasteiger partial charge >= 0.3 is 0 Å². The zero-order chi connectivity index (χ0) is 13.7. The Labute approximate surface area is 112 Å². The highest BCUT2D eigenvalue weighted by molar-refractivity contribution is 7.14. The molecule has 0 radical (unpaired) electrons. The Hall–Kier alpha value is -0.950. The van der Waals surface area contributed by atoms with Gasteiger partial charge in [-0.05, 0) is 32.5 Å². The van der Waals surface area contributed by atoms with E-state index in [0.717, 1.165) is 17.0 Å². The lowest BCUT2D eigenvalue weighted by Gasteiger charge is -2.23. The number of aryl methyl sites for hydroxylation is 1. The summed E-state index contributed by atoms with van der Waals surface area (Å²) in [5.74, 6) is 4.90. The summed E-state index contributed by atoms with van der Waals surface area (Å²) < 4.78 is 5.13. The van der Waals surface area contributed by atoms with E-state index in [1.165, 1.54) is 11.3 Å². The molecular weight excluding hydrogens is 250 g/mol. The zero-order valence-electron chi connectivity index (χ0n) is 11.3. The topological polar surface area (TPSA) is 67.6 Å². The van der Waals surface area contributed by atoms with Crippen molar-refractivity contribution in [3.63, 3.8) is 0 Å². The predicted octanol–water partition coefficient (Wildman–Crippen LogP) is 1.13. The third kappa shape index (κ3) is 3.78. The van der Waals surface area contributed by atoms with Crippen molar-refractivity contribution in [3.05, 3.63) is 21.4 Å². The Morgan fingerprint density at radius 2 is 2.33 bits per heavy atom. The van der Waals surface area contributed by atoms with Crippen LogP contribution in [-0.4, -0.2) is 37.6 Å². The summed E-state index contributed by atoms with van der Waals surface area (Å²) in [7, 11) is 3.74. The van der Waals surface area contributed by atoms with Crippen molar-refractivity contribution in [1.82, 2.24) is 10.3 Å². The van der Waals surface area contributed by atoms with E-state index in [1.807, 2.05) is 20.0 Å². The summed E-state index contributed by atoms with van der Waals surface area (Å²) in [5, 5.41) is 0. The summed E-state index contributed by atoms with van der Waals surface area (Å²) in [5.41, 5.74) is 3.31. The molecule has 0 aliphatic heterocycles. The third-order valence-electron chi connectivity index (χ3n) is 2.96. The molecule has 0 bridgehead atoms. The number of hydrogen-bond donors (Lipinski definition) is 2. The van der Waals surface area contributed by atoms with Crippen molar-refractivity contribution in [2.24, 2.45) is 5.84 Å². The van der Waals surface area contributed by atoms with Crippen LogP contribution in [0.2, 0.25) is 0 Å². The van der Waals surface area contributed by atoms with Crippen molar-refractivity contribution >= 4 is 17.2 Å². The Morgan fingerprint density at radius 1 is 1.67 bits per heavy atom. The van der Waals surface area contributed by atoms with E-state index in [1.54, 1.807) is 7.11 Å². The number of nitrogens with zero attached hydrogens (tertiary/aromatic N) is 1. The van der Waals surface area contributed by atoms with Gasteiger partial charge in [0.2, 0.25) is 0 Å². The predicted molar refractivity (Wildman–Crippen MR) is 73.5 cm³/mol. The molecular formula is C12H21N3O2S. The average molecular weight is 271 g/mol. The molecule has 18 heavy (non-hydrogen) atoms. The minimum atomic E-state index is -0.234. The monoisotopic (exact) mass is 271 g/mol. The van der Waals surface area contributed by atoms with Crippen LogP contribution in [0.5, 0.6) is 0 Å². The summed E-state index contributed by atoms with van der Waals surface area (Å²) in [6.45, 7) is 5.61. The third-order valence-corrected chi connectivity index (χ3v) is 4.05. The molecule has 1 aromatic rings. The van der Waals surface area contributed by atoms with Gasteiger partial charge in [0.15, 0.2) is 0 Å². The SMILES string of the molecule is COCC(C)N(C)Cc1cc(C(=O)NN)sc1C. The van der Waals surface area contributed by atoms with Crippen LogP contribution in [0.1, 0.15) is 27.0 Å². The van der Waals surface area contributed by atoms with E-state index >= 15 is 0 Å². The summed E-state index contributed by atoms with van der Waals surface area (Å²) in [4.78, 5) is 15.4. The first-order valence-corrected chi connectivity index (χ1v) is 6.60. The second kappa shape index (κ2) is 6.84. The fourth-order valence-electron chi connectivity index (χ4n) is 1.65. The molecule has 0 aromatic carbocycles. The van der Waals surface area contributed by atoms with Crippen molar-refractivity contribution in [2.75, 3.05) is 20.8 Å². The van der Waals surface area contributed by atoms with Gasteiger partial charge in [-0.15, -0.1) is 11.3 Å². The first kappa shape index (κ1) is 15.1. The minimum Gasteiger partial charge on any atom is -0.383 e. The molecule has 0 saturated carbocycles. The summed E-state index contributed by atoms with van der Waals surface area (Å²) >= 11 is 1.46. The molecule has 3 N–H and O–H groups in total. The molecule has 102 valence electrons. The minimum absolute atomic E-state index is 0.234. The Kier molecular flexibility index (Phi) is 5.74. The van der Waals surface area contributed by atoms with E-state index in [4.69, 9.17) is 10.6 Å². The maximum Gasteiger partial charge on any atom is 0.275 e. The van der Waals surface area contributed by atoms with Gasteiger partial charge in [-0.1, -0.05) is 0 Å². The fourth-order valence-corrected chi connectivity index (χ4v) is 2.59. The normalized spacial score (nSPS) is 12.8. The standard InChI is InChI=1S/C12H21N3O2S/c1-8(7-17-4)15(3)6-10-5-11(12(16)14-13)18-9(10)2/h5,8H,6-7,13H2,1-4H3,(H,14,16). The highest BCUT2D eigenvalue weighted by Crippen LogP contribution is 2.23. The molecule has 0 spiro atoms. The van der Waals surface area contributed by atoms with E-state index in [9.17, 15) is 4.79 Å². The number of thiophene rings is 1. The zero-order valence-corrected chi connectivity index (χ0v) is 12.1. The smallest absolute Gasteiger partial charge is 0.275 e. The van der Waals surface area contributed by atoms with Gasteiger partial charge in [0, 0.05) is 24.6 Å². The first-order chi connectivity index (χ1) is 8.49. The van der Waals surface area contributed by atoms with Crippen LogP contribution in [0.15, 0.2) is 6.07 Å². The van der Waals surface area contributed by atoms with Gasteiger partial charge in [0.05, 0.1) is 11.5 Å². The number of nitrogens with two attached hydrogens (primary N) is 1. The van der Waals surface area contributed by atoms with Crippen LogP contribution >= 0.6 is 11.3 Å². The molecule has 6 heteroatoms. The number of nitrogens with one attached hydrogen (secondary N) is 1. The number of amides is 1. The van der Waals surface area contributed by atoms with Crippen LogP contribution in [0, 0.1) is 6.92 Å². The number of likely N-dealkylation sites (N-methyl/N-ethyl adjacent to an activating group) is 1. The molecule has 1 rings (SSSR count). The maximum absolute atomic E-state index is 11.4. The van der Waals surface area contributed by atoms with Crippen LogP contribution in [-0.2, 0) is 11.3 Å². The molecule has 1 aromatic heterocycles. The lowest BCUT2D eigenvalue weighted by Crippen LogP contribution is -2.32. The number of ether oxygens (including phenoxy) is 1. The lowest BCUT2D eigenvalue weighted by atomic mass is 10.2. The Morgan fingerprint density at radius 3 is 2.89 bits per heavy atom. The largest absolute Gasteiger partial charge is 0.383 e. The molecule has 1 atom stereocenters. The van der Waals surface area contributed by atoms with Gasteiger partial charge in [-0.3, -0.25) is 15.1 Å². The Balaban J connectivity index is 2.72. The van der Waals surface area contributed by atoms with Gasteiger partial charge in [-0.2, -0.15) is 0 Å². The van der Waals surface area contributed by atoms with Gasteiger partial charge in [0.1, 0.15) is 0 Å². The van der Waals surface area contributed by atoms with Crippen LogP contribution < -0.4 is 11.3 Å². The van der Waals surface area contributed by atoms with Crippen LogP contribution in [0.25, 0.3) is 0 Å². The molecule has 1 heterocycles. The van der Waals surface area contributed by atoms with Crippen molar-refractivity contribution in [1.29, 1.82) is 0 Å². The van der Waals surface area contributed by atoms with Gasteiger partial charge in [0.25, 0.3) is 5.91 Å². The molecule has 0 fully saturated rings. The number of carbonyl (C=O) groups excluding carboxylic acids is 1. The van der Waals surface area contributed by atoms with E-state index < -0.39 is 0 Å². The molecule has 1 amide bonds. The number of rotatable bonds is 6. The van der Waals surface area contributed by atoms with Crippen molar-refractivity contribution < 1.29 is 9.53 Å². The van der Waals surface area contributed by atoms with E-state index in [0.29, 0.717) is 17.5 Å². The quantitative estimate of drug-likeness (QED) is 0.462. The molecule has 5 nitrogen and oxygen atoms in total. The second-order valence-corrected chi connectivity index (χ2v) is 5.64. The van der Waals surface area contributed by atoms with E-state index in [2.05, 4.69) is 17.2 Å². The summed E-state index contributed by atoms with van der Waals surface area (Å²) in [6.07, 6.45) is 0. The van der Waals surface area contributed by atoms with Gasteiger partial charge < -0.3 is 4.74 Å². The average Bonchev–Trinajstić information content (AvgIpc) is 2.70. The van der Waals surface area contributed by atoms with Gasteiger partial charge in [-0.25, -0.2) is 5.84 Å². The number of nitrogen functional groups attached to an aromatic ring is 1. The number of hydrogen-bond acceptors (Lipinski definition) is 5. The molecule has 0 aliphatic rings. The van der Waals surface area contributed by atoms with Crippen LogP contribution in [0.3, 0.4) is 0 Å². The van der Waals surface area contributed by atoms with Crippen molar-refractivity contribution in [2.45, 2.75) is 26.4 Å². The van der Waals surface area contributed by atoms with E-state index in [-0.39, 0.29) is 5.91 Å². The fraction of sp³-hybridized carbons (Fsp3) is 0.583. The highest BCUT2D eigenvalue weighted by atomic mass is 32.1. The molecule has 1 unspecified atom stereocenters. The second-order valence-electron chi connectivity index (χ2n) is 4.39. The summed E-state index contributed by atoms with van der Waals surface area (Å²) in [6, 6.07) is 2.24. The van der Waals surface area contributed by atoms with Crippen molar-refractivity contribution in [3.8, 4) is 0 Å². The number of methoxy groups -OCH3 is 1. The maximum atomic E-state index is 11.4. The molecule has 0 saturated heterocycles. The number of carbonyl (C=O) groups is 1.